The first-order valence-electron chi connectivity index (χ1n) is 13.9. The van der Waals surface area contributed by atoms with Gasteiger partial charge in [-0.05, 0) is 67.6 Å². The van der Waals surface area contributed by atoms with Gasteiger partial charge in [0.25, 0.3) is 5.91 Å². The molecule has 2 aliphatic rings. The van der Waals surface area contributed by atoms with Crippen LogP contribution >= 0.6 is 11.6 Å². The first-order chi connectivity index (χ1) is 20.4. The zero-order valence-corrected chi connectivity index (χ0v) is 24.7. The molecule has 43 heavy (non-hydrogen) atoms. The number of aliphatic imine (C=N–C) groups is 1. The van der Waals surface area contributed by atoms with Gasteiger partial charge in [-0.15, -0.1) is 0 Å². The molecular weight excluding hydrogens is 601 g/mol. The molecule has 1 amide bonds. The zero-order valence-electron chi connectivity index (χ0n) is 23.1. The SMILES string of the molecule is N=C(CC(=Nc1ccccc1Cl)c1ccc(C(=O)N2CCC(N(C3CC3)S(=O)(=O)c3ccccc3)CC2)cc1)C(F)(F)F. The fourth-order valence-corrected chi connectivity index (χ4v) is 7.34. The number of hydrogen-bond acceptors (Lipinski definition) is 5. The molecule has 1 aliphatic carbocycles. The van der Waals surface area contributed by atoms with Crippen molar-refractivity contribution in [3.05, 3.63) is 95.0 Å². The highest BCUT2D eigenvalue weighted by Crippen LogP contribution is 2.37. The second kappa shape index (κ2) is 12.6. The molecule has 1 saturated carbocycles. The van der Waals surface area contributed by atoms with E-state index in [9.17, 15) is 26.4 Å². The van der Waals surface area contributed by atoms with E-state index in [1.807, 2.05) is 0 Å². The number of para-hydroxylation sites is 1. The number of nitrogens with one attached hydrogen (secondary N) is 1. The summed E-state index contributed by atoms with van der Waals surface area (Å²) in [5.74, 6) is -0.249. The lowest BCUT2D eigenvalue weighted by Gasteiger charge is -2.38. The summed E-state index contributed by atoms with van der Waals surface area (Å²) in [5, 5.41) is 7.76. The van der Waals surface area contributed by atoms with Crippen LogP contribution in [0.5, 0.6) is 0 Å². The van der Waals surface area contributed by atoms with Gasteiger partial charge in [0.05, 0.1) is 21.3 Å². The quantitative estimate of drug-likeness (QED) is 0.261. The van der Waals surface area contributed by atoms with Crippen molar-refractivity contribution in [2.45, 2.75) is 55.3 Å². The number of alkyl halides is 3. The number of halogens is 4. The lowest BCUT2D eigenvalue weighted by atomic mass is 10.0. The third kappa shape index (κ3) is 7.17. The van der Waals surface area contributed by atoms with Crippen LogP contribution in [-0.2, 0) is 10.0 Å². The molecule has 0 unspecified atom stereocenters. The van der Waals surface area contributed by atoms with Crippen molar-refractivity contribution in [1.82, 2.24) is 9.21 Å². The molecule has 1 heterocycles. The van der Waals surface area contributed by atoms with Crippen LogP contribution in [0.2, 0.25) is 5.02 Å². The maximum Gasteiger partial charge on any atom is 0.429 e. The molecule has 7 nitrogen and oxygen atoms in total. The molecule has 226 valence electrons. The zero-order chi connectivity index (χ0) is 30.8. The molecule has 0 radical (unpaired) electrons. The molecule has 12 heteroatoms. The van der Waals surface area contributed by atoms with E-state index in [1.165, 1.54) is 24.3 Å². The maximum absolute atomic E-state index is 13.4. The Kier molecular flexibility index (Phi) is 9.05. The van der Waals surface area contributed by atoms with Gasteiger partial charge in [0.2, 0.25) is 10.0 Å². The van der Waals surface area contributed by atoms with Crippen molar-refractivity contribution in [2.24, 2.45) is 4.99 Å². The molecule has 0 bridgehead atoms. The predicted molar refractivity (Wildman–Crippen MR) is 160 cm³/mol. The summed E-state index contributed by atoms with van der Waals surface area (Å²) in [6.45, 7) is 0.751. The highest BCUT2D eigenvalue weighted by molar-refractivity contribution is 7.89. The third-order valence-electron chi connectivity index (χ3n) is 7.60. The highest BCUT2D eigenvalue weighted by atomic mass is 35.5. The summed E-state index contributed by atoms with van der Waals surface area (Å²) >= 11 is 6.17. The monoisotopic (exact) mass is 630 g/mol. The van der Waals surface area contributed by atoms with E-state index in [4.69, 9.17) is 17.0 Å². The Morgan fingerprint density at radius 2 is 1.44 bits per heavy atom. The number of amides is 1. The Labute approximate surface area is 253 Å². The van der Waals surface area contributed by atoms with Gasteiger partial charge in [0.1, 0.15) is 5.71 Å². The summed E-state index contributed by atoms with van der Waals surface area (Å²) < 4.78 is 68.1. The van der Waals surface area contributed by atoms with Crippen molar-refractivity contribution in [2.75, 3.05) is 13.1 Å². The molecule has 1 saturated heterocycles. The number of piperidine rings is 1. The van der Waals surface area contributed by atoms with Gasteiger partial charge in [-0.2, -0.15) is 17.5 Å². The highest BCUT2D eigenvalue weighted by Gasteiger charge is 2.43. The smallest absolute Gasteiger partial charge is 0.339 e. The summed E-state index contributed by atoms with van der Waals surface area (Å²) in [4.78, 5) is 19.6. The Bertz CT molecular complexity index is 1620. The number of hydrogen-bond donors (Lipinski definition) is 1. The summed E-state index contributed by atoms with van der Waals surface area (Å²) in [7, 11) is -3.66. The van der Waals surface area contributed by atoms with Crippen LogP contribution in [0.15, 0.2) is 88.8 Å². The number of nitrogens with zero attached hydrogens (tertiary/aromatic N) is 3. The molecule has 0 spiro atoms. The minimum atomic E-state index is -4.81. The summed E-state index contributed by atoms with van der Waals surface area (Å²) in [5.41, 5.74) is -0.505. The van der Waals surface area contributed by atoms with Crippen LogP contribution in [0.25, 0.3) is 0 Å². The molecule has 1 N–H and O–H groups in total. The molecule has 0 atom stereocenters. The van der Waals surface area contributed by atoms with Crippen molar-refractivity contribution in [3.63, 3.8) is 0 Å². The lowest BCUT2D eigenvalue weighted by Crippen LogP contribution is -2.49. The van der Waals surface area contributed by atoms with Gasteiger partial charge in [-0.25, -0.2) is 8.42 Å². The third-order valence-corrected chi connectivity index (χ3v) is 9.94. The van der Waals surface area contributed by atoms with Gasteiger partial charge >= 0.3 is 6.18 Å². The van der Waals surface area contributed by atoms with E-state index in [0.29, 0.717) is 37.1 Å². The summed E-state index contributed by atoms with van der Waals surface area (Å²) in [6, 6.07) is 20.7. The van der Waals surface area contributed by atoms with E-state index in [2.05, 4.69) is 4.99 Å². The first-order valence-corrected chi connectivity index (χ1v) is 15.7. The second-order valence-corrected chi connectivity index (χ2v) is 12.9. The fraction of sp³-hybridized carbons (Fsp3) is 0.323. The van der Waals surface area contributed by atoms with Gasteiger partial charge in [-0.3, -0.25) is 9.79 Å². The van der Waals surface area contributed by atoms with Crippen LogP contribution in [0.4, 0.5) is 18.9 Å². The first kappa shape index (κ1) is 30.9. The molecule has 1 aliphatic heterocycles. The number of carbonyl (C=O) groups is 1. The Hall–Kier alpha value is -3.54. The minimum Gasteiger partial charge on any atom is -0.339 e. The van der Waals surface area contributed by atoms with E-state index in [0.717, 1.165) is 12.8 Å². The van der Waals surface area contributed by atoms with E-state index in [-0.39, 0.29) is 39.3 Å². The van der Waals surface area contributed by atoms with E-state index in [1.54, 1.807) is 63.8 Å². The molecule has 3 aromatic carbocycles. The summed E-state index contributed by atoms with van der Waals surface area (Å²) in [6.07, 6.45) is -2.93. The second-order valence-electron chi connectivity index (χ2n) is 10.6. The molecule has 0 aromatic heterocycles. The lowest BCUT2D eigenvalue weighted by molar-refractivity contribution is -0.0605. The normalized spacial score (nSPS) is 16.9. The number of carbonyl (C=O) groups excluding carboxylic acids is 1. The topological polar surface area (TPSA) is 93.9 Å². The molecular formula is C31H30ClF3N4O3S. The minimum absolute atomic E-state index is 0.00460. The van der Waals surface area contributed by atoms with Gasteiger partial charge in [0.15, 0.2) is 0 Å². The van der Waals surface area contributed by atoms with Crippen LogP contribution in [0.3, 0.4) is 0 Å². The molecule has 3 aromatic rings. The van der Waals surface area contributed by atoms with Crippen molar-refractivity contribution >= 4 is 44.6 Å². The molecule has 2 fully saturated rings. The Balaban J connectivity index is 1.29. The van der Waals surface area contributed by atoms with E-state index >= 15 is 0 Å². The van der Waals surface area contributed by atoms with Crippen molar-refractivity contribution in [1.29, 1.82) is 5.41 Å². The van der Waals surface area contributed by atoms with Gasteiger partial charge < -0.3 is 10.3 Å². The van der Waals surface area contributed by atoms with Crippen LogP contribution in [0, 0.1) is 5.41 Å². The van der Waals surface area contributed by atoms with Crippen LogP contribution < -0.4 is 0 Å². The van der Waals surface area contributed by atoms with Crippen LogP contribution in [-0.4, -0.2) is 66.3 Å². The van der Waals surface area contributed by atoms with Crippen LogP contribution in [0.1, 0.15) is 48.0 Å². The largest absolute Gasteiger partial charge is 0.429 e. The average molecular weight is 631 g/mol. The Morgan fingerprint density at radius 3 is 2.02 bits per heavy atom. The van der Waals surface area contributed by atoms with Crippen molar-refractivity contribution < 1.29 is 26.4 Å². The molecule has 5 rings (SSSR count). The predicted octanol–water partition coefficient (Wildman–Crippen LogP) is 6.89. The number of rotatable bonds is 9. The maximum atomic E-state index is 13.4. The number of sulfonamides is 1. The standard InChI is InChI=1S/C31H30ClF3N4O3S/c32-26-8-4-5-9-27(26)37-28(20-29(36)31(33,34)35)21-10-12-22(13-11-21)30(40)38-18-16-24(17-19-38)39(23-14-15-23)43(41,42)25-6-2-1-3-7-25/h1-13,23-24,36H,14-20H2. The van der Waals surface area contributed by atoms with E-state index < -0.39 is 28.3 Å². The Morgan fingerprint density at radius 1 is 0.884 bits per heavy atom. The number of benzene rings is 3. The van der Waals surface area contributed by atoms with Gasteiger partial charge in [-0.1, -0.05) is 54.1 Å². The van der Waals surface area contributed by atoms with Crippen molar-refractivity contribution in [3.8, 4) is 0 Å². The fourth-order valence-electron chi connectivity index (χ4n) is 5.21. The number of likely N-dealkylation sites (tertiary alicyclic amines) is 1. The van der Waals surface area contributed by atoms with Gasteiger partial charge in [0, 0.05) is 37.2 Å². The average Bonchev–Trinajstić information content (AvgIpc) is 3.83.